The number of para-hydroxylation sites is 1. The normalized spacial score (nSPS) is 21.8. The van der Waals surface area contributed by atoms with Crippen LogP contribution in [0.3, 0.4) is 0 Å². The van der Waals surface area contributed by atoms with Crippen LogP contribution in [0.2, 0.25) is 0 Å². The van der Waals surface area contributed by atoms with E-state index in [1.165, 1.54) is 0 Å². The molecule has 1 aliphatic rings. The second-order valence-electron chi connectivity index (χ2n) is 7.01. The first-order chi connectivity index (χ1) is 14.1. The Balaban J connectivity index is 1.48. The van der Waals surface area contributed by atoms with Gasteiger partial charge in [-0.05, 0) is 30.7 Å². The minimum absolute atomic E-state index is 0.0451. The van der Waals surface area contributed by atoms with Crippen molar-refractivity contribution >= 4 is 22.5 Å². The number of nitrogens with one attached hydrogen (secondary N) is 3. The molecule has 4 rings (SSSR count). The number of carbonyl (C=O) groups is 1. The molecular formula is C21H23N5O3. The molecule has 4 N–H and O–H groups in total. The number of hydrazine groups is 1. The molecule has 2 aromatic carbocycles. The van der Waals surface area contributed by atoms with Crippen molar-refractivity contribution in [1.29, 1.82) is 0 Å². The highest BCUT2D eigenvalue weighted by molar-refractivity contribution is 5.94. The Morgan fingerprint density at radius 3 is 2.66 bits per heavy atom. The number of H-pyrrole nitrogens is 1. The number of rotatable bonds is 5. The highest BCUT2D eigenvalue weighted by Gasteiger charge is 2.38. The van der Waals surface area contributed by atoms with Crippen LogP contribution in [0.15, 0.2) is 58.8 Å². The number of aromatic amines is 1. The second kappa shape index (κ2) is 8.02. The number of aromatic nitrogens is 1. The third kappa shape index (κ3) is 3.72. The lowest BCUT2D eigenvalue weighted by Crippen LogP contribution is -2.37. The SMILES string of the molecule is CCOc1ccc(C2NNC(C(=O)N=Nc3c(O)[nH]c4ccccc34)C2C)cc1. The molecule has 3 aromatic rings. The van der Waals surface area contributed by atoms with Gasteiger partial charge in [0.05, 0.1) is 18.2 Å². The lowest BCUT2D eigenvalue weighted by molar-refractivity contribution is -0.120. The number of fused-ring (bicyclic) bond motifs is 1. The van der Waals surface area contributed by atoms with Gasteiger partial charge in [-0.2, -0.15) is 0 Å². The predicted octanol–water partition coefficient (Wildman–Crippen LogP) is 3.74. The summed E-state index contributed by atoms with van der Waals surface area (Å²) in [6.07, 6.45) is 0. The fourth-order valence-electron chi connectivity index (χ4n) is 3.62. The Bertz CT molecular complexity index is 1040. The first kappa shape index (κ1) is 19.1. The lowest BCUT2D eigenvalue weighted by Gasteiger charge is -2.17. The molecule has 0 aliphatic carbocycles. The average Bonchev–Trinajstić information content (AvgIpc) is 3.26. The molecule has 1 amide bonds. The zero-order valence-corrected chi connectivity index (χ0v) is 16.2. The number of aromatic hydroxyl groups is 1. The highest BCUT2D eigenvalue weighted by atomic mass is 16.5. The van der Waals surface area contributed by atoms with Gasteiger partial charge in [-0.3, -0.25) is 4.79 Å². The number of amides is 1. The van der Waals surface area contributed by atoms with E-state index in [0.717, 1.165) is 16.8 Å². The Labute approximate surface area is 168 Å². The summed E-state index contributed by atoms with van der Waals surface area (Å²) in [4.78, 5) is 15.5. The predicted molar refractivity (Wildman–Crippen MR) is 109 cm³/mol. The first-order valence-electron chi connectivity index (χ1n) is 9.57. The van der Waals surface area contributed by atoms with Crippen LogP contribution in [0.1, 0.15) is 25.5 Å². The average molecular weight is 393 g/mol. The number of azo groups is 1. The number of carbonyl (C=O) groups excluding carboxylic acids is 1. The van der Waals surface area contributed by atoms with Gasteiger partial charge in [0.2, 0.25) is 5.88 Å². The molecule has 3 unspecified atom stereocenters. The van der Waals surface area contributed by atoms with E-state index in [4.69, 9.17) is 4.74 Å². The maximum atomic E-state index is 12.6. The number of hydrogen-bond donors (Lipinski definition) is 4. The molecule has 2 heterocycles. The van der Waals surface area contributed by atoms with Gasteiger partial charge in [-0.15, -0.1) is 10.2 Å². The van der Waals surface area contributed by atoms with Crippen molar-refractivity contribution in [2.24, 2.45) is 16.1 Å². The third-order valence-electron chi connectivity index (χ3n) is 5.17. The van der Waals surface area contributed by atoms with Crippen LogP contribution in [0, 0.1) is 5.92 Å². The molecule has 3 atom stereocenters. The summed E-state index contributed by atoms with van der Waals surface area (Å²) in [7, 11) is 0. The van der Waals surface area contributed by atoms with E-state index in [0.29, 0.717) is 12.0 Å². The second-order valence-corrected chi connectivity index (χ2v) is 7.01. The summed E-state index contributed by atoms with van der Waals surface area (Å²) >= 11 is 0. The molecule has 0 bridgehead atoms. The van der Waals surface area contributed by atoms with Crippen molar-refractivity contribution in [2.75, 3.05) is 6.61 Å². The van der Waals surface area contributed by atoms with Gasteiger partial charge in [0.25, 0.3) is 5.91 Å². The van der Waals surface area contributed by atoms with Crippen LogP contribution in [0.25, 0.3) is 10.9 Å². The highest BCUT2D eigenvalue weighted by Crippen LogP contribution is 2.35. The van der Waals surface area contributed by atoms with Crippen LogP contribution in [-0.4, -0.2) is 28.6 Å². The Morgan fingerprint density at radius 2 is 1.90 bits per heavy atom. The molecule has 1 saturated heterocycles. The van der Waals surface area contributed by atoms with Crippen LogP contribution >= 0.6 is 0 Å². The van der Waals surface area contributed by atoms with Crippen LogP contribution < -0.4 is 15.6 Å². The van der Waals surface area contributed by atoms with Crippen molar-refractivity contribution in [3.05, 3.63) is 54.1 Å². The largest absolute Gasteiger partial charge is 0.494 e. The number of hydrogen-bond acceptors (Lipinski definition) is 6. The fraction of sp³-hybridized carbons (Fsp3) is 0.286. The van der Waals surface area contributed by atoms with Crippen molar-refractivity contribution in [2.45, 2.75) is 25.9 Å². The van der Waals surface area contributed by atoms with Gasteiger partial charge in [-0.25, -0.2) is 10.9 Å². The summed E-state index contributed by atoms with van der Waals surface area (Å²) < 4.78 is 5.48. The summed E-state index contributed by atoms with van der Waals surface area (Å²) in [5.41, 5.74) is 8.24. The van der Waals surface area contributed by atoms with E-state index in [9.17, 15) is 9.90 Å². The van der Waals surface area contributed by atoms with E-state index in [-0.39, 0.29) is 23.5 Å². The van der Waals surface area contributed by atoms with Crippen molar-refractivity contribution in [3.63, 3.8) is 0 Å². The lowest BCUT2D eigenvalue weighted by atomic mass is 9.91. The quantitative estimate of drug-likeness (QED) is 0.494. The van der Waals surface area contributed by atoms with Gasteiger partial charge in [0.1, 0.15) is 11.8 Å². The van der Waals surface area contributed by atoms with Gasteiger partial charge >= 0.3 is 0 Å². The van der Waals surface area contributed by atoms with E-state index in [1.54, 1.807) is 0 Å². The molecule has 1 fully saturated rings. The number of benzene rings is 2. The maximum absolute atomic E-state index is 12.6. The monoisotopic (exact) mass is 393 g/mol. The smallest absolute Gasteiger partial charge is 0.283 e. The summed E-state index contributed by atoms with van der Waals surface area (Å²) in [5.74, 6) is 0.259. The van der Waals surface area contributed by atoms with Crippen molar-refractivity contribution < 1.29 is 14.6 Å². The van der Waals surface area contributed by atoms with Crippen molar-refractivity contribution in [1.82, 2.24) is 15.8 Å². The molecule has 1 aliphatic heterocycles. The first-order valence-corrected chi connectivity index (χ1v) is 9.57. The molecule has 150 valence electrons. The molecule has 0 saturated carbocycles. The number of nitrogens with zero attached hydrogens (tertiary/aromatic N) is 2. The minimum Gasteiger partial charge on any atom is -0.494 e. The fourth-order valence-corrected chi connectivity index (χ4v) is 3.62. The molecule has 29 heavy (non-hydrogen) atoms. The summed E-state index contributed by atoms with van der Waals surface area (Å²) in [5, 5.41) is 18.6. The van der Waals surface area contributed by atoms with E-state index in [2.05, 4.69) is 26.1 Å². The minimum atomic E-state index is -0.525. The molecule has 1 aromatic heterocycles. The van der Waals surface area contributed by atoms with Gasteiger partial charge in [-0.1, -0.05) is 37.3 Å². The molecule has 0 spiro atoms. The van der Waals surface area contributed by atoms with Crippen molar-refractivity contribution in [3.8, 4) is 11.6 Å². The van der Waals surface area contributed by atoms with Gasteiger partial charge in [0.15, 0.2) is 5.69 Å². The zero-order chi connectivity index (χ0) is 20.4. The Hall–Kier alpha value is -3.23. The van der Waals surface area contributed by atoms with Gasteiger partial charge < -0.3 is 14.8 Å². The maximum Gasteiger partial charge on any atom is 0.283 e. The van der Waals surface area contributed by atoms with Crippen LogP contribution in [0.4, 0.5) is 5.69 Å². The van der Waals surface area contributed by atoms with Crippen LogP contribution in [-0.2, 0) is 4.79 Å². The third-order valence-corrected chi connectivity index (χ3v) is 5.17. The molecule has 8 nitrogen and oxygen atoms in total. The topological polar surface area (TPSA) is 111 Å². The Morgan fingerprint density at radius 1 is 1.14 bits per heavy atom. The van der Waals surface area contributed by atoms with E-state index in [1.807, 2.05) is 62.4 Å². The standard InChI is InChI=1S/C21H23N5O3/c1-3-29-14-10-8-13(9-11-14)17-12(2)18(24-23-17)21(28)26-25-19-15-6-4-5-7-16(15)22-20(19)27/h4-12,17-18,22-24,27H,3H2,1-2H3. The molecule has 0 radical (unpaired) electrons. The zero-order valence-electron chi connectivity index (χ0n) is 16.2. The van der Waals surface area contributed by atoms with Crippen LogP contribution in [0.5, 0.6) is 11.6 Å². The summed E-state index contributed by atoms with van der Waals surface area (Å²) in [6, 6.07) is 14.6. The number of ether oxygens (including phenoxy) is 1. The summed E-state index contributed by atoms with van der Waals surface area (Å²) in [6.45, 7) is 4.54. The Kier molecular flexibility index (Phi) is 5.28. The van der Waals surface area contributed by atoms with E-state index >= 15 is 0 Å². The van der Waals surface area contributed by atoms with E-state index < -0.39 is 11.9 Å². The molecule has 8 heteroatoms. The molecular weight excluding hydrogens is 370 g/mol. The van der Waals surface area contributed by atoms with Gasteiger partial charge in [0, 0.05) is 11.3 Å².